The SMILES string of the molecule is C#Cc1ccccc1.CN(C)C. The van der Waals surface area contributed by atoms with Crippen LogP contribution in [0.25, 0.3) is 0 Å². The summed E-state index contributed by atoms with van der Waals surface area (Å²) >= 11 is 0. The van der Waals surface area contributed by atoms with Crippen LogP contribution in [0.2, 0.25) is 0 Å². The van der Waals surface area contributed by atoms with Crippen molar-refractivity contribution in [1.29, 1.82) is 0 Å². The van der Waals surface area contributed by atoms with Crippen LogP contribution in [0, 0.1) is 12.3 Å². The van der Waals surface area contributed by atoms with Crippen LogP contribution in [0.4, 0.5) is 0 Å². The third-order valence-corrected chi connectivity index (χ3v) is 0.940. The maximum absolute atomic E-state index is 5.10. The number of benzene rings is 1. The van der Waals surface area contributed by atoms with Crippen LogP contribution in [0.5, 0.6) is 0 Å². The Kier molecular flexibility index (Phi) is 5.77. The van der Waals surface area contributed by atoms with E-state index in [0.29, 0.717) is 0 Å². The van der Waals surface area contributed by atoms with Crippen molar-refractivity contribution in [3.05, 3.63) is 35.9 Å². The molecule has 0 aliphatic carbocycles. The average molecular weight is 161 g/mol. The van der Waals surface area contributed by atoms with Crippen molar-refractivity contribution in [2.75, 3.05) is 21.1 Å². The van der Waals surface area contributed by atoms with Crippen LogP contribution in [0.3, 0.4) is 0 Å². The first-order valence-corrected chi connectivity index (χ1v) is 3.79. The van der Waals surface area contributed by atoms with E-state index in [2.05, 4.69) is 5.92 Å². The van der Waals surface area contributed by atoms with Gasteiger partial charge in [0.15, 0.2) is 0 Å². The van der Waals surface area contributed by atoms with E-state index < -0.39 is 0 Å². The lowest BCUT2D eigenvalue weighted by molar-refractivity contribution is 0.505. The number of hydrogen-bond acceptors (Lipinski definition) is 1. The molecular formula is C11H15N. The molecule has 12 heavy (non-hydrogen) atoms. The first-order valence-electron chi connectivity index (χ1n) is 3.79. The van der Waals surface area contributed by atoms with E-state index in [4.69, 9.17) is 6.42 Å². The van der Waals surface area contributed by atoms with E-state index in [1.165, 1.54) is 0 Å². The zero-order valence-electron chi connectivity index (χ0n) is 7.91. The van der Waals surface area contributed by atoms with E-state index in [-0.39, 0.29) is 0 Å². The lowest BCUT2D eigenvalue weighted by Crippen LogP contribution is -1.99. The van der Waals surface area contributed by atoms with Gasteiger partial charge in [-0.2, -0.15) is 0 Å². The first kappa shape index (κ1) is 10.7. The van der Waals surface area contributed by atoms with Crippen molar-refractivity contribution in [1.82, 2.24) is 4.90 Å². The van der Waals surface area contributed by atoms with Crippen molar-refractivity contribution in [2.45, 2.75) is 0 Å². The van der Waals surface area contributed by atoms with E-state index in [0.717, 1.165) is 5.56 Å². The summed E-state index contributed by atoms with van der Waals surface area (Å²) in [5, 5.41) is 0. The second-order valence-corrected chi connectivity index (χ2v) is 2.85. The Morgan fingerprint density at radius 3 is 1.75 bits per heavy atom. The third-order valence-electron chi connectivity index (χ3n) is 0.940. The van der Waals surface area contributed by atoms with Crippen LogP contribution in [0.1, 0.15) is 5.56 Å². The monoisotopic (exact) mass is 161 g/mol. The highest BCUT2D eigenvalue weighted by Gasteiger charge is 1.76. The minimum atomic E-state index is 0.938. The Morgan fingerprint density at radius 2 is 1.50 bits per heavy atom. The van der Waals surface area contributed by atoms with Crippen LogP contribution < -0.4 is 0 Å². The summed E-state index contributed by atoms with van der Waals surface area (Å²) in [5.41, 5.74) is 0.938. The molecule has 1 aromatic rings. The quantitative estimate of drug-likeness (QED) is 0.525. The molecule has 1 rings (SSSR count). The second kappa shape index (κ2) is 6.45. The van der Waals surface area contributed by atoms with Gasteiger partial charge in [0, 0.05) is 5.56 Å². The van der Waals surface area contributed by atoms with Crippen LogP contribution in [-0.2, 0) is 0 Å². The van der Waals surface area contributed by atoms with Crippen molar-refractivity contribution >= 4 is 0 Å². The zero-order valence-corrected chi connectivity index (χ0v) is 7.91. The van der Waals surface area contributed by atoms with Gasteiger partial charge in [0.05, 0.1) is 0 Å². The van der Waals surface area contributed by atoms with Gasteiger partial charge in [0.2, 0.25) is 0 Å². The molecule has 0 saturated carbocycles. The fraction of sp³-hybridized carbons (Fsp3) is 0.273. The summed E-state index contributed by atoms with van der Waals surface area (Å²) in [4.78, 5) is 2.00. The van der Waals surface area contributed by atoms with Crippen LogP contribution in [0.15, 0.2) is 30.3 Å². The molecule has 0 radical (unpaired) electrons. The van der Waals surface area contributed by atoms with E-state index in [1.54, 1.807) is 0 Å². The highest BCUT2D eigenvalue weighted by molar-refractivity contribution is 5.30. The Balaban J connectivity index is 0.000000261. The van der Waals surface area contributed by atoms with Gasteiger partial charge in [-0.3, -0.25) is 0 Å². The van der Waals surface area contributed by atoms with Gasteiger partial charge in [-0.25, -0.2) is 0 Å². The summed E-state index contributed by atoms with van der Waals surface area (Å²) in [5.74, 6) is 2.53. The van der Waals surface area contributed by atoms with Crippen molar-refractivity contribution in [2.24, 2.45) is 0 Å². The summed E-state index contributed by atoms with van der Waals surface area (Å²) in [6.07, 6.45) is 5.10. The topological polar surface area (TPSA) is 3.24 Å². The smallest absolute Gasteiger partial charge is 0.0242 e. The Morgan fingerprint density at radius 1 is 1.08 bits per heavy atom. The molecule has 0 N–H and O–H groups in total. The normalized spacial score (nSPS) is 8.25. The molecule has 0 fully saturated rings. The largest absolute Gasteiger partial charge is 0.312 e. The lowest BCUT2D eigenvalue weighted by Gasteiger charge is -1.90. The maximum atomic E-state index is 5.10. The fourth-order valence-electron chi connectivity index (χ4n) is 0.534. The van der Waals surface area contributed by atoms with Gasteiger partial charge >= 0.3 is 0 Å². The number of nitrogens with zero attached hydrogens (tertiary/aromatic N) is 1. The third kappa shape index (κ3) is 6.85. The molecule has 1 aromatic carbocycles. The average Bonchev–Trinajstić information content (AvgIpc) is 2.05. The van der Waals surface area contributed by atoms with E-state index in [1.807, 2.05) is 56.4 Å². The minimum absolute atomic E-state index is 0.938. The van der Waals surface area contributed by atoms with E-state index >= 15 is 0 Å². The summed E-state index contributed by atoms with van der Waals surface area (Å²) in [7, 11) is 6.00. The lowest BCUT2D eigenvalue weighted by atomic mass is 10.2. The van der Waals surface area contributed by atoms with Crippen LogP contribution in [-0.4, -0.2) is 26.0 Å². The number of hydrogen-bond donors (Lipinski definition) is 0. The number of rotatable bonds is 0. The Hall–Kier alpha value is -1.26. The summed E-state index contributed by atoms with van der Waals surface area (Å²) in [6, 6.07) is 9.60. The van der Waals surface area contributed by atoms with Crippen molar-refractivity contribution < 1.29 is 0 Å². The second-order valence-electron chi connectivity index (χ2n) is 2.85. The highest BCUT2D eigenvalue weighted by Crippen LogP contribution is 1.92. The zero-order chi connectivity index (χ0) is 9.40. The van der Waals surface area contributed by atoms with Crippen molar-refractivity contribution in [3.8, 4) is 12.3 Å². The first-order chi connectivity index (χ1) is 5.66. The highest BCUT2D eigenvalue weighted by atomic mass is 15.0. The molecule has 0 amide bonds. The molecular weight excluding hydrogens is 146 g/mol. The molecule has 1 nitrogen and oxygen atoms in total. The Labute approximate surface area is 75.0 Å². The van der Waals surface area contributed by atoms with Gasteiger partial charge in [0.1, 0.15) is 0 Å². The molecule has 1 heteroatoms. The molecule has 0 spiro atoms. The van der Waals surface area contributed by atoms with Crippen LogP contribution >= 0.6 is 0 Å². The predicted octanol–water partition coefficient (Wildman–Crippen LogP) is 1.85. The molecule has 0 aromatic heterocycles. The molecule has 0 heterocycles. The van der Waals surface area contributed by atoms with Crippen molar-refractivity contribution in [3.63, 3.8) is 0 Å². The molecule has 0 atom stereocenters. The molecule has 0 saturated heterocycles. The minimum Gasteiger partial charge on any atom is -0.312 e. The summed E-state index contributed by atoms with van der Waals surface area (Å²) in [6.45, 7) is 0. The van der Waals surface area contributed by atoms with Gasteiger partial charge in [-0.1, -0.05) is 24.1 Å². The Bertz CT molecular complexity index is 228. The molecule has 0 aliphatic rings. The maximum Gasteiger partial charge on any atom is 0.0242 e. The molecule has 0 bridgehead atoms. The fourth-order valence-corrected chi connectivity index (χ4v) is 0.534. The van der Waals surface area contributed by atoms with Gasteiger partial charge < -0.3 is 4.90 Å². The molecule has 0 unspecified atom stereocenters. The van der Waals surface area contributed by atoms with Gasteiger partial charge in [0.25, 0.3) is 0 Å². The van der Waals surface area contributed by atoms with Gasteiger partial charge in [-0.15, -0.1) is 6.42 Å². The molecule has 0 aliphatic heterocycles. The number of terminal acetylenes is 1. The van der Waals surface area contributed by atoms with Gasteiger partial charge in [-0.05, 0) is 33.3 Å². The molecule has 64 valence electrons. The van der Waals surface area contributed by atoms with E-state index in [9.17, 15) is 0 Å². The predicted molar refractivity (Wildman–Crippen MR) is 54.0 cm³/mol. The summed E-state index contributed by atoms with van der Waals surface area (Å²) < 4.78 is 0. The standard InChI is InChI=1S/C8H6.C3H9N/c1-2-8-6-4-3-5-7-8;1-4(2)3/h1,3-7H;1-3H3.